The van der Waals surface area contributed by atoms with E-state index in [2.05, 4.69) is 15.0 Å². The molecule has 0 unspecified atom stereocenters. The fourth-order valence-corrected chi connectivity index (χ4v) is 2.14. The predicted octanol–water partition coefficient (Wildman–Crippen LogP) is 2.75. The number of pyridine rings is 1. The first-order chi connectivity index (χ1) is 8.63. The van der Waals surface area contributed by atoms with Gasteiger partial charge in [0, 0.05) is 5.69 Å². The van der Waals surface area contributed by atoms with Crippen molar-refractivity contribution in [3.05, 3.63) is 40.4 Å². The number of fused-ring (bicyclic) bond motifs is 1. The lowest BCUT2D eigenvalue weighted by molar-refractivity contribution is 0.458. The Morgan fingerprint density at radius 3 is 2.94 bits per heavy atom. The van der Waals surface area contributed by atoms with Crippen LogP contribution in [0.3, 0.4) is 0 Å². The Labute approximate surface area is 108 Å². The summed E-state index contributed by atoms with van der Waals surface area (Å²) in [6.07, 6.45) is 1.70. The zero-order valence-electron chi connectivity index (χ0n) is 10.1. The van der Waals surface area contributed by atoms with Crippen molar-refractivity contribution in [3.8, 4) is 0 Å². The van der Waals surface area contributed by atoms with Gasteiger partial charge in [-0.15, -0.1) is 0 Å². The first-order valence-corrected chi connectivity index (χ1v) is 6.02. The average Bonchev–Trinajstić information content (AvgIpc) is 2.86. The van der Waals surface area contributed by atoms with E-state index in [1.807, 2.05) is 30.5 Å². The molecular formula is C12H12N4OS. The second-order valence-electron chi connectivity index (χ2n) is 4.20. The molecular weight excluding hydrogens is 248 g/mol. The van der Waals surface area contributed by atoms with E-state index in [1.165, 1.54) is 0 Å². The smallest absolute Gasteiger partial charge is 0.214 e. The lowest BCUT2D eigenvalue weighted by Crippen LogP contribution is -2.01. The highest BCUT2D eigenvalue weighted by Crippen LogP contribution is 2.14. The zero-order valence-corrected chi connectivity index (χ0v) is 10.9. The summed E-state index contributed by atoms with van der Waals surface area (Å²) < 4.78 is 7.99. The molecule has 5 nitrogen and oxygen atoms in total. The van der Waals surface area contributed by atoms with Crippen molar-refractivity contribution in [2.24, 2.45) is 0 Å². The molecule has 0 aliphatic carbocycles. The topological polar surface area (TPSA) is 59.6 Å². The van der Waals surface area contributed by atoms with E-state index >= 15 is 0 Å². The Kier molecular flexibility index (Phi) is 2.52. The maximum atomic E-state index is 5.47. The Morgan fingerprint density at radius 2 is 2.22 bits per heavy atom. The van der Waals surface area contributed by atoms with Crippen LogP contribution in [0.1, 0.15) is 17.3 Å². The molecule has 0 saturated heterocycles. The van der Waals surface area contributed by atoms with Crippen LogP contribution in [-0.4, -0.2) is 19.5 Å². The number of hydrogen-bond donors (Lipinski definition) is 1. The van der Waals surface area contributed by atoms with Gasteiger partial charge in [-0.3, -0.25) is 4.57 Å². The minimum absolute atomic E-state index is 0.489. The highest BCUT2D eigenvalue weighted by Gasteiger charge is 2.09. The van der Waals surface area contributed by atoms with Gasteiger partial charge >= 0.3 is 0 Å². The van der Waals surface area contributed by atoms with Crippen LogP contribution in [0.5, 0.6) is 0 Å². The molecule has 3 rings (SSSR count). The third-order valence-electron chi connectivity index (χ3n) is 2.72. The van der Waals surface area contributed by atoms with E-state index < -0.39 is 0 Å². The molecule has 0 aliphatic rings. The predicted molar refractivity (Wildman–Crippen MR) is 70.0 cm³/mol. The molecule has 92 valence electrons. The maximum Gasteiger partial charge on any atom is 0.214 e. The van der Waals surface area contributed by atoms with Crippen molar-refractivity contribution >= 4 is 23.4 Å². The second kappa shape index (κ2) is 4.06. The van der Waals surface area contributed by atoms with E-state index in [4.69, 9.17) is 16.6 Å². The quantitative estimate of drug-likeness (QED) is 0.720. The molecule has 18 heavy (non-hydrogen) atoms. The van der Waals surface area contributed by atoms with Crippen molar-refractivity contribution in [1.29, 1.82) is 0 Å². The number of rotatable bonds is 2. The van der Waals surface area contributed by atoms with E-state index in [1.54, 1.807) is 6.20 Å². The molecule has 0 saturated carbocycles. The third-order valence-corrected chi connectivity index (χ3v) is 3.04. The summed E-state index contributed by atoms with van der Waals surface area (Å²) in [5, 5.41) is 0. The lowest BCUT2D eigenvalue weighted by atomic mass is 10.3. The number of imidazole rings is 1. The molecule has 0 aromatic carbocycles. The largest absolute Gasteiger partial charge is 0.444 e. The number of nitrogens with one attached hydrogen (secondary N) is 1. The van der Waals surface area contributed by atoms with E-state index in [0.29, 0.717) is 17.2 Å². The van der Waals surface area contributed by atoms with Crippen molar-refractivity contribution in [1.82, 2.24) is 19.5 Å². The number of aromatic nitrogens is 4. The zero-order chi connectivity index (χ0) is 12.7. The fourth-order valence-electron chi connectivity index (χ4n) is 1.88. The summed E-state index contributed by atoms with van der Waals surface area (Å²) in [6.45, 7) is 4.31. The van der Waals surface area contributed by atoms with Crippen LogP contribution in [0.2, 0.25) is 0 Å². The van der Waals surface area contributed by atoms with Crippen LogP contribution in [0.25, 0.3) is 11.2 Å². The monoisotopic (exact) mass is 260 g/mol. The number of hydrogen-bond acceptors (Lipinski definition) is 4. The summed E-state index contributed by atoms with van der Waals surface area (Å²) in [7, 11) is 0. The molecule has 0 fully saturated rings. The van der Waals surface area contributed by atoms with Gasteiger partial charge in [-0.1, -0.05) is 0 Å². The average molecular weight is 260 g/mol. The Morgan fingerprint density at radius 1 is 1.39 bits per heavy atom. The minimum Gasteiger partial charge on any atom is -0.444 e. The van der Waals surface area contributed by atoms with Crippen LogP contribution in [0, 0.1) is 18.6 Å². The summed E-state index contributed by atoms with van der Waals surface area (Å²) in [5.74, 6) is 1.42. The van der Waals surface area contributed by atoms with E-state index in [9.17, 15) is 0 Å². The molecule has 0 radical (unpaired) electrons. The summed E-state index contributed by atoms with van der Waals surface area (Å²) in [6, 6.07) is 3.93. The number of oxazole rings is 1. The normalized spacial score (nSPS) is 11.2. The molecule has 0 aliphatic heterocycles. The minimum atomic E-state index is 0.489. The Bertz CT molecular complexity index is 768. The second-order valence-corrected chi connectivity index (χ2v) is 4.59. The molecule has 3 aromatic rings. The van der Waals surface area contributed by atoms with Gasteiger partial charge in [-0.25, -0.2) is 9.97 Å². The highest BCUT2D eigenvalue weighted by molar-refractivity contribution is 7.71. The van der Waals surface area contributed by atoms with Gasteiger partial charge in [0.2, 0.25) is 5.89 Å². The molecule has 0 amide bonds. The molecule has 0 spiro atoms. The van der Waals surface area contributed by atoms with Gasteiger partial charge in [-0.2, -0.15) is 0 Å². The number of aryl methyl sites for hydroxylation is 2. The van der Waals surface area contributed by atoms with Crippen molar-refractivity contribution in [2.75, 3.05) is 0 Å². The van der Waals surface area contributed by atoms with Gasteiger partial charge in [-0.05, 0) is 38.2 Å². The summed E-state index contributed by atoms with van der Waals surface area (Å²) >= 11 is 5.30. The SMILES string of the molecule is Cc1ccc2[nH]c(=S)n(Cc3ncc(C)o3)c2n1. The van der Waals surface area contributed by atoms with Gasteiger partial charge < -0.3 is 9.40 Å². The molecule has 3 aromatic heterocycles. The Balaban J connectivity index is 2.13. The van der Waals surface area contributed by atoms with Crippen molar-refractivity contribution in [2.45, 2.75) is 20.4 Å². The number of aromatic amines is 1. The van der Waals surface area contributed by atoms with Crippen molar-refractivity contribution in [3.63, 3.8) is 0 Å². The van der Waals surface area contributed by atoms with Crippen molar-refractivity contribution < 1.29 is 4.42 Å². The lowest BCUT2D eigenvalue weighted by Gasteiger charge is -2.00. The van der Waals surface area contributed by atoms with E-state index in [-0.39, 0.29) is 0 Å². The van der Waals surface area contributed by atoms with E-state index in [0.717, 1.165) is 22.6 Å². The van der Waals surface area contributed by atoms with Crippen LogP contribution in [0.15, 0.2) is 22.7 Å². The fraction of sp³-hybridized carbons (Fsp3) is 0.250. The van der Waals surface area contributed by atoms with Crippen LogP contribution >= 0.6 is 12.2 Å². The standard InChI is InChI=1S/C12H12N4OS/c1-7-3-4-9-11(14-7)16(12(18)15-9)6-10-13-5-8(2)17-10/h3-5H,6H2,1-2H3,(H,15,18). The number of H-pyrrole nitrogens is 1. The van der Waals surface area contributed by atoms with Crippen LogP contribution in [0.4, 0.5) is 0 Å². The molecule has 0 atom stereocenters. The Hall–Kier alpha value is -1.95. The maximum absolute atomic E-state index is 5.47. The van der Waals surface area contributed by atoms with Crippen LogP contribution < -0.4 is 0 Å². The summed E-state index contributed by atoms with van der Waals surface area (Å²) in [4.78, 5) is 11.8. The highest BCUT2D eigenvalue weighted by atomic mass is 32.1. The first kappa shape index (κ1) is 11.2. The molecule has 1 N–H and O–H groups in total. The first-order valence-electron chi connectivity index (χ1n) is 5.61. The third kappa shape index (κ3) is 1.84. The van der Waals surface area contributed by atoms with Gasteiger partial charge in [0.1, 0.15) is 12.3 Å². The number of nitrogens with zero attached hydrogens (tertiary/aromatic N) is 3. The molecule has 0 bridgehead atoms. The molecule has 3 heterocycles. The van der Waals surface area contributed by atoms with Gasteiger partial charge in [0.15, 0.2) is 10.4 Å². The molecule has 6 heteroatoms. The van der Waals surface area contributed by atoms with Gasteiger partial charge in [0.05, 0.1) is 11.7 Å². The van der Waals surface area contributed by atoms with Crippen LogP contribution in [-0.2, 0) is 6.54 Å². The summed E-state index contributed by atoms with van der Waals surface area (Å²) in [5.41, 5.74) is 2.71. The van der Waals surface area contributed by atoms with Gasteiger partial charge in [0.25, 0.3) is 0 Å².